The Labute approximate surface area is 517 Å². The molecule has 1 nitrogen and oxygen atoms in total. The SMILES string of the molecule is c1ccc(-c2c(-c3ccccc3)c(-c3ccccc3)c3c(-c4ccccc4-c4ccccc4N(c4ccc(-c5ccc6ccccc6c5)cc4)c4cccc(S(c5ccccc5)(c5ccccc5)c5ccccc5)c4)cccc3c2-c2ccccc2)cc1. The lowest BCUT2D eigenvalue weighted by atomic mass is 9.77. The highest BCUT2D eigenvalue weighted by Crippen LogP contribution is 2.74. The molecule has 15 aromatic carbocycles. The maximum absolute atomic E-state index is 2.50. The van der Waals surface area contributed by atoms with Crippen LogP contribution in [0.2, 0.25) is 0 Å². The smallest absolute Gasteiger partial charge is 0.0540 e. The summed E-state index contributed by atoms with van der Waals surface area (Å²) in [4.78, 5) is 7.56. The van der Waals surface area contributed by atoms with Crippen molar-refractivity contribution in [2.24, 2.45) is 0 Å². The highest BCUT2D eigenvalue weighted by Gasteiger charge is 2.34. The minimum Gasteiger partial charge on any atom is -0.310 e. The first kappa shape index (κ1) is 53.7. The van der Waals surface area contributed by atoms with Crippen molar-refractivity contribution in [3.05, 3.63) is 370 Å². The van der Waals surface area contributed by atoms with Gasteiger partial charge in [0.05, 0.1) is 5.69 Å². The third-order valence-corrected chi connectivity index (χ3v) is 21.1. The van der Waals surface area contributed by atoms with Crippen LogP contribution in [0.15, 0.2) is 390 Å². The number of anilines is 3. The summed E-state index contributed by atoms with van der Waals surface area (Å²) in [7, 11) is -2.04. The van der Waals surface area contributed by atoms with E-state index in [4.69, 9.17) is 0 Å². The molecule has 15 rings (SSSR count). The van der Waals surface area contributed by atoms with Crippen LogP contribution in [0.4, 0.5) is 17.1 Å². The lowest BCUT2D eigenvalue weighted by Crippen LogP contribution is -2.12. The highest BCUT2D eigenvalue weighted by atomic mass is 32.3. The lowest BCUT2D eigenvalue weighted by molar-refractivity contribution is 1.22. The van der Waals surface area contributed by atoms with Crippen molar-refractivity contribution in [1.82, 2.24) is 0 Å². The lowest BCUT2D eigenvalue weighted by Gasteiger charge is -2.42. The molecule has 416 valence electrons. The number of nitrogens with zero attached hydrogens (tertiary/aromatic N) is 1. The van der Waals surface area contributed by atoms with Gasteiger partial charge in [-0.1, -0.05) is 291 Å². The van der Waals surface area contributed by atoms with Gasteiger partial charge in [0.25, 0.3) is 0 Å². The molecule has 0 radical (unpaired) electrons. The third-order valence-electron chi connectivity index (χ3n) is 17.2. The van der Waals surface area contributed by atoms with Gasteiger partial charge >= 0.3 is 0 Å². The van der Waals surface area contributed by atoms with E-state index in [0.29, 0.717) is 0 Å². The number of benzene rings is 15. The molecule has 0 heterocycles. The Bertz CT molecular complexity index is 4820. The number of hydrogen-bond acceptors (Lipinski definition) is 1. The molecule has 0 saturated carbocycles. The minimum atomic E-state index is -2.04. The first-order valence-electron chi connectivity index (χ1n) is 30.2. The van der Waals surface area contributed by atoms with E-state index in [2.05, 4.69) is 375 Å². The second-order valence-electron chi connectivity index (χ2n) is 22.2. The zero-order chi connectivity index (χ0) is 58.6. The number of para-hydroxylation sites is 1. The molecule has 0 spiro atoms. The van der Waals surface area contributed by atoms with Crippen LogP contribution in [0.1, 0.15) is 0 Å². The van der Waals surface area contributed by atoms with Crippen LogP contribution in [0.25, 0.3) is 99.4 Å². The van der Waals surface area contributed by atoms with Crippen LogP contribution in [-0.2, 0) is 0 Å². The van der Waals surface area contributed by atoms with Gasteiger partial charge in [0.2, 0.25) is 0 Å². The molecule has 0 aliphatic heterocycles. The molecule has 0 aliphatic rings. The number of hydrogen-bond donors (Lipinski definition) is 0. The molecule has 0 saturated heterocycles. The predicted molar refractivity (Wildman–Crippen MR) is 374 cm³/mol. The van der Waals surface area contributed by atoms with Crippen molar-refractivity contribution in [1.29, 1.82) is 0 Å². The second-order valence-corrected chi connectivity index (χ2v) is 25.4. The van der Waals surface area contributed by atoms with E-state index in [1.807, 2.05) is 0 Å². The predicted octanol–water partition coefficient (Wildman–Crippen LogP) is 24.5. The van der Waals surface area contributed by atoms with E-state index < -0.39 is 10.0 Å². The summed E-state index contributed by atoms with van der Waals surface area (Å²) >= 11 is 0. The van der Waals surface area contributed by atoms with E-state index in [1.165, 1.54) is 80.1 Å². The van der Waals surface area contributed by atoms with Gasteiger partial charge < -0.3 is 4.90 Å². The highest BCUT2D eigenvalue weighted by molar-refractivity contribution is 8.34. The number of fused-ring (bicyclic) bond motifs is 2. The van der Waals surface area contributed by atoms with E-state index in [1.54, 1.807) is 0 Å². The topological polar surface area (TPSA) is 3.24 Å². The van der Waals surface area contributed by atoms with Gasteiger partial charge in [0, 0.05) is 36.5 Å². The molecule has 0 amide bonds. The molecule has 0 unspecified atom stereocenters. The summed E-state index contributed by atoms with van der Waals surface area (Å²) in [6, 6.07) is 137. The van der Waals surface area contributed by atoms with Crippen LogP contribution in [0, 0.1) is 0 Å². The summed E-state index contributed by atoms with van der Waals surface area (Å²) in [6.45, 7) is 0. The van der Waals surface area contributed by atoms with Crippen molar-refractivity contribution >= 4 is 48.6 Å². The van der Waals surface area contributed by atoms with E-state index >= 15 is 0 Å². The maximum Gasteiger partial charge on any atom is 0.0540 e. The molecule has 2 heteroatoms. The van der Waals surface area contributed by atoms with E-state index in [-0.39, 0.29) is 0 Å². The normalized spacial score (nSPS) is 11.6. The Kier molecular flexibility index (Phi) is 14.5. The van der Waals surface area contributed by atoms with Crippen LogP contribution < -0.4 is 4.90 Å². The van der Waals surface area contributed by atoms with Crippen molar-refractivity contribution in [3.63, 3.8) is 0 Å². The molecular weight excluding hydrogens is 1080 g/mol. The van der Waals surface area contributed by atoms with Gasteiger partial charge in [0.15, 0.2) is 0 Å². The Balaban J connectivity index is 0.996. The summed E-state index contributed by atoms with van der Waals surface area (Å²) in [6.07, 6.45) is 0. The monoisotopic (exact) mass is 1140 g/mol. The van der Waals surface area contributed by atoms with Crippen molar-refractivity contribution in [3.8, 4) is 77.9 Å². The van der Waals surface area contributed by atoms with Gasteiger partial charge in [-0.2, -0.15) is 0 Å². The van der Waals surface area contributed by atoms with E-state index in [9.17, 15) is 0 Å². The molecule has 0 N–H and O–H groups in total. The Hall–Kier alpha value is -11.0. The molecule has 88 heavy (non-hydrogen) atoms. The van der Waals surface area contributed by atoms with Crippen molar-refractivity contribution in [2.75, 3.05) is 4.90 Å². The molecule has 0 atom stereocenters. The average molecular weight is 1140 g/mol. The summed E-state index contributed by atoms with van der Waals surface area (Å²) in [5.74, 6) is 0. The first-order valence-corrected chi connectivity index (χ1v) is 31.9. The largest absolute Gasteiger partial charge is 0.310 e. The molecule has 0 aromatic heterocycles. The molecule has 15 aromatic rings. The zero-order valence-corrected chi connectivity index (χ0v) is 49.4. The molecule has 0 fully saturated rings. The van der Waals surface area contributed by atoms with Crippen molar-refractivity contribution < 1.29 is 0 Å². The zero-order valence-electron chi connectivity index (χ0n) is 48.6. The standard InChI is InChI=1S/C86H61NS/c1-8-31-64(32-9-1)82-80-52-29-51-79(86(80)85(67-37-14-4-15-38-67)84(66-35-12-3-13-36-66)83(82)65-33-10-2-11-34-65)77-49-25-24-48-76(77)78-50-26-27-53-81(78)87(70-58-56-63(57-59-70)69-55-54-62-30-22-23-39-68(62)60-69)71-40-28-47-75(61-71)88(72-41-16-5-17-42-72,73-43-18-6-19-44-73)74-45-20-7-21-46-74/h1-61H. The number of rotatable bonds is 14. The fourth-order valence-corrected chi connectivity index (χ4v) is 17.2. The average Bonchev–Trinajstić information content (AvgIpc) is 1.69. The van der Waals surface area contributed by atoms with Crippen LogP contribution in [0.5, 0.6) is 0 Å². The van der Waals surface area contributed by atoms with Gasteiger partial charge in [0.1, 0.15) is 0 Å². The van der Waals surface area contributed by atoms with Gasteiger partial charge in [-0.05, 0) is 173 Å². The fourth-order valence-electron chi connectivity index (χ4n) is 13.3. The Morgan fingerprint density at radius 3 is 1.16 bits per heavy atom. The summed E-state index contributed by atoms with van der Waals surface area (Å²) in [5, 5.41) is 4.85. The second kappa shape index (κ2) is 23.8. The van der Waals surface area contributed by atoms with Gasteiger partial charge in [-0.25, -0.2) is 0 Å². The van der Waals surface area contributed by atoms with Crippen LogP contribution in [0.3, 0.4) is 0 Å². The first-order chi connectivity index (χ1) is 43.7. The van der Waals surface area contributed by atoms with Gasteiger partial charge in [-0.3, -0.25) is 0 Å². The maximum atomic E-state index is 2.50. The third kappa shape index (κ3) is 9.76. The Morgan fingerprint density at radius 2 is 0.602 bits per heavy atom. The van der Waals surface area contributed by atoms with Gasteiger partial charge in [-0.15, -0.1) is 10.0 Å². The van der Waals surface area contributed by atoms with Crippen molar-refractivity contribution in [2.45, 2.75) is 19.6 Å². The van der Waals surface area contributed by atoms with Crippen LogP contribution >= 0.6 is 10.0 Å². The molecular formula is C86H61NS. The minimum absolute atomic E-state index is 1.05. The van der Waals surface area contributed by atoms with E-state index in [0.717, 1.165) is 56.0 Å². The Morgan fingerprint density at radius 1 is 0.205 bits per heavy atom. The summed E-state index contributed by atoms with van der Waals surface area (Å²) in [5.41, 5.74) is 19.5. The van der Waals surface area contributed by atoms with Crippen LogP contribution in [-0.4, -0.2) is 0 Å². The molecule has 0 bridgehead atoms. The summed E-state index contributed by atoms with van der Waals surface area (Å²) < 4.78 is 0. The molecule has 0 aliphatic carbocycles. The quantitative estimate of drug-likeness (QED) is 0.105. The fraction of sp³-hybridized carbons (Fsp3) is 0.